The lowest BCUT2D eigenvalue weighted by Gasteiger charge is -2.12. The van der Waals surface area contributed by atoms with E-state index in [1.54, 1.807) is 0 Å². The zero-order valence-corrected chi connectivity index (χ0v) is 12.1. The summed E-state index contributed by atoms with van der Waals surface area (Å²) in [6.07, 6.45) is 10.1. The van der Waals surface area contributed by atoms with Gasteiger partial charge in [-0.25, -0.2) is 0 Å². The summed E-state index contributed by atoms with van der Waals surface area (Å²) in [4.78, 5) is 0. The molecule has 0 amide bonds. The Morgan fingerprint density at radius 2 is 1.53 bits per heavy atom. The predicted octanol–water partition coefficient (Wildman–Crippen LogP) is 4.51. The van der Waals surface area contributed by atoms with E-state index < -0.39 is 6.29 Å². The van der Waals surface area contributed by atoms with Crippen molar-refractivity contribution in [3.63, 3.8) is 0 Å². The van der Waals surface area contributed by atoms with E-state index in [9.17, 15) is 5.11 Å². The zero-order chi connectivity index (χ0) is 12.9. The van der Waals surface area contributed by atoms with Crippen molar-refractivity contribution in [1.82, 2.24) is 0 Å². The van der Waals surface area contributed by atoms with Crippen molar-refractivity contribution in [2.45, 2.75) is 84.8 Å². The van der Waals surface area contributed by atoms with Crippen LogP contribution in [0.15, 0.2) is 0 Å². The number of hydrogen-bond donors (Lipinski definition) is 1. The van der Waals surface area contributed by atoms with Crippen LogP contribution < -0.4 is 0 Å². The van der Waals surface area contributed by atoms with Crippen LogP contribution in [0.4, 0.5) is 0 Å². The third-order valence-corrected chi connectivity index (χ3v) is 3.04. The summed E-state index contributed by atoms with van der Waals surface area (Å²) in [7, 11) is 0. The molecule has 0 aliphatic rings. The normalized spacial score (nSPS) is 13.2. The second kappa shape index (κ2) is 12.4. The molecule has 0 radical (unpaired) electrons. The van der Waals surface area contributed by atoms with Crippen LogP contribution in [0.25, 0.3) is 0 Å². The van der Waals surface area contributed by atoms with Gasteiger partial charge in [0.2, 0.25) is 0 Å². The second-order valence-electron chi connectivity index (χ2n) is 5.42. The van der Waals surface area contributed by atoms with Gasteiger partial charge >= 0.3 is 0 Å². The summed E-state index contributed by atoms with van der Waals surface area (Å²) in [6, 6.07) is 0. The van der Waals surface area contributed by atoms with E-state index in [-0.39, 0.29) is 0 Å². The Hall–Kier alpha value is -0.0800. The van der Waals surface area contributed by atoms with Gasteiger partial charge in [0.15, 0.2) is 6.29 Å². The number of ether oxygens (including phenoxy) is 1. The molecular formula is C15H32O2. The Morgan fingerprint density at radius 1 is 0.882 bits per heavy atom. The molecule has 0 heterocycles. The molecule has 0 saturated heterocycles. The van der Waals surface area contributed by atoms with Crippen molar-refractivity contribution < 1.29 is 9.84 Å². The standard InChI is InChI=1S/C15H32O2/c1-4-5-6-7-8-9-13-17-15(16)12-10-11-14(2)3/h14-16H,4-13H2,1-3H3. The van der Waals surface area contributed by atoms with Gasteiger partial charge in [0.05, 0.1) is 0 Å². The fourth-order valence-corrected chi connectivity index (χ4v) is 1.89. The molecule has 0 aromatic carbocycles. The van der Waals surface area contributed by atoms with Gasteiger partial charge in [-0.3, -0.25) is 0 Å². The molecule has 1 unspecified atom stereocenters. The monoisotopic (exact) mass is 244 g/mol. The average molecular weight is 244 g/mol. The SMILES string of the molecule is CCCCCCCCOC(O)CCCC(C)C. The van der Waals surface area contributed by atoms with Crippen LogP contribution in [-0.2, 0) is 4.74 Å². The van der Waals surface area contributed by atoms with Crippen molar-refractivity contribution in [2.75, 3.05) is 6.61 Å². The summed E-state index contributed by atoms with van der Waals surface area (Å²) >= 11 is 0. The smallest absolute Gasteiger partial charge is 0.154 e. The molecule has 0 spiro atoms. The Kier molecular flexibility index (Phi) is 12.3. The number of aliphatic hydroxyl groups is 1. The lowest BCUT2D eigenvalue weighted by Crippen LogP contribution is -2.13. The highest BCUT2D eigenvalue weighted by molar-refractivity contribution is 4.49. The van der Waals surface area contributed by atoms with Gasteiger partial charge in [-0.2, -0.15) is 0 Å². The van der Waals surface area contributed by atoms with Gasteiger partial charge in [-0.15, -0.1) is 0 Å². The van der Waals surface area contributed by atoms with Crippen LogP contribution in [0.5, 0.6) is 0 Å². The molecule has 0 rings (SSSR count). The quantitative estimate of drug-likeness (QED) is 0.404. The molecule has 1 N–H and O–H groups in total. The van der Waals surface area contributed by atoms with Crippen LogP contribution >= 0.6 is 0 Å². The van der Waals surface area contributed by atoms with Crippen molar-refractivity contribution >= 4 is 0 Å². The first-order valence-corrected chi connectivity index (χ1v) is 7.46. The third kappa shape index (κ3) is 13.9. The van der Waals surface area contributed by atoms with Gasteiger partial charge in [-0.1, -0.05) is 59.3 Å². The van der Waals surface area contributed by atoms with E-state index >= 15 is 0 Å². The van der Waals surface area contributed by atoms with E-state index in [0.29, 0.717) is 0 Å². The molecule has 17 heavy (non-hydrogen) atoms. The lowest BCUT2D eigenvalue weighted by atomic mass is 10.1. The van der Waals surface area contributed by atoms with Crippen molar-refractivity contribution in [1.29, 1.82) is 0 Å². The van der Waals surface area contributed by atoms with Crippen molar-refractivity contribution in [2.24, 2.45) is 5.92 Å². The molecule has 0 aromatic rings. The summed E-state index contributed by atoms with van der Waals surface area (Å²) in [5.74, 6) is 0.723. The van der Waals surface area contributed by atoms with Gasteiger partial charge in [0.1, 0.15) is 0 Å². The van der Waals surface area contributed by atoms with Gasteiger partial charge in [-0.05, 0) is 25.2 Å². The molecule has 1 atom stereocenters. The highest BCUT2D eigenvalue weighted by atomic mass is 16.6. The first-order valence-electron chi connectivity index (χ1n) is 7.46. The van der Waals surface area contributed by atoms with Crippen molar-refractivity contribution in [3.05, 3.63) is 0 Å². The molecule has 0 aliphatic carbocycles. The van der Waals surface area contributed by atoms with E-state index in [0.717, 1.165) is 31.8 Å². The molecule has 2 heteroatoms. The van der Waals surface area contributed by atoms with Crippen LogP contribution in [-0.4, -0.2) is 18.0 Å². The first kappa shape index (κ1) is 16.9. The predicted molar refractivity (Wildman–Crippen MR) is 74.0 cm³/mol. The highest BCUT2D eigenvalue weighted by Gasteiger charge is 2.04. The molecule has 0 fully saturated rings. The highest BCUT2D eigenvalue weighted by Crippen LogP contribution is 2.10. The summed E-state index contributed by atoms with van der Waals surface area (Å²) in [5.41, 5.74) is 0. The van der Waals surface area contributed by atoms with Crippen LogP contribution in [0.3, 0.4) is 0 Å². The zero-order valence-electron chi connectivity index (χ0n) is 12.1. The number of aliphatic hydroxyl groups excluding tert-OH is 1. The molecule has 0 saturated carbocycles. The van der Waals surface area contributed by atoms with Crippen molar-refractivity contribution in [3.8, 4) is 0 Å². The number of hydrogen-bond acceptors (Lipinski definition) is 2. The molecule has 0 aromatic heterocycles. The second-order valence-corrected chi connectivity index (χ2v) is 5.42. The largest absolute Gasteiger partial charge is 0.368 e. The van der Waals surface area contributed by atoms with Gasteiger partial charge in [0, 0.05) is 6.61 Å². The summed E-state index contributed by atoms with van der Waals surface area (Å²) < 4.78 is 5.39. The maximum absolute atomic E-state index is 9.58. The minimum absolute atomic E-state index is 0.538. The van der Waals surface area contributed by atoms with Crippen LogP contribution in [0.1, 0.15) is 78.6 Å². The van der Waals surface area contributed by atoms with E-state index in [1.165, 1.54) is 38.5 Å². The molecule has 0 bridgehead atoms. The van der Waals surface area contributed by atoms with Gasteiger partial charge in [0.25, 0.3) is 0 Å². The minimum Gasteiger partial charge on any atom is -0.368 e. The maximum atomic E-state index is 9.58. The van der Waals surface area contributed by atoms with Crippen LogP contribution in [0.2, 0.25) is 0 Å². The van der Waals surface area contributed by atoms with E-state index in [1.807, 2.05) is 0 Å². The maximum Gasteiger partial charge on any atom is 0.154 e. The number of unbranched alkanes of at least 4 members (excludes halogenated alkanes) is 5. The van der Waals surface area contributed by atoms with Crippen LogP contribution in [0, 0.1) is 5.92 Å². The molecule has 0 aliphatic heterocycles. The fraction of sp³-hybridized carbons (Fsp3) is 1.00. The van der Waals surface area contributed by atoms with Gasteiger partial charge < -0.3 is 9.84 Å². The minimum atomic E-state index is -0.538. The third-order valence-electron chi connectivity index (χ3n) is 3.04. The summed E-state index contributed by atoms with van der Waals surface area (Å²) in [5, 5.41) is 9.58. The van der Waals surface area contributed by atoms with E-state index in [2.05, 4.69) is 20.8 Å². The fourth-order valence-electron chi connectivity index (χ4n) is 1.89. The Labute approximate surface area is 108 Å². The molecular weight excluding hydrogens is 212 g/mol. The molecule has 104 valence electrons. The number of rotatable bonds is 12. The Balaban J connectivity index is 3.13. The topological polar surface area (TPSA) is 29.5 Å². The first-order chi connectivity index (χ1) is 8.16. The summed E-state index contributed by atoms with van der Waals surface area (Å²) in [6.45, 7) is 7.37. The Bertz CT molecular complexity index is 146. The Morgan fingerprint density at radius 3 is 2.18 bits per heavy atom. The molecule has 2 nitrogen and oxygen atoms in total. The van der Waals surface area contributed by atoms with E-state index in [4.69, 9.17) is 4.74 Å². The average Bonchev–Trinajstić information content (AvgIpc) is 2.27. The lowest BCUT2D eigenvalue weighted by molar-refractivity contribution is -0.105.